The molecule has 0 aliphatic rings. The number of phenolic OH excluding ortho intramolecular Hbond substituents is 1. The molecule has 15 heavy (non-hydrogen) atoms. The van der Waals surface area contributed by atoms with Gasteiger partial charge in [-0.25, -0.2) is 0 Å². The van der Waals surface area contributed by atoms with Crippen LogP contribution in [-0.2, 0) is 6.42 Å². The Morgan fingerprint density at radius 1 is 1.40 bits per heavy atom. The molecular weight excluding hydrogens is 211 g/mol. The molecule has 0 heterocycles. The van der Waals surface area contributed by atoms with Gasteiger partial charge >= 0.3 is 6.36 Å². The van der Waals surface area contributed by atoms with Gasteiger partial charge in [-0.3, -0.25) is 0 Å². The Morgan fingerprint density at radius 2 is 2.07 bits per heavy atom. The molecule has 80 valence electrons. The zero-order chi connectivity index (χ0) is 11.5. The van der Waals surface area contributed by atoms with Crippen LogP contribution in [0.4, 0.5) is 13.2 Å². The molecule has 6 heteroatoms. The van der Waals surface area contributed by atoms with Gasteiger partial charge in [0.2, 0.25) is 0 Å². The summed E-state index contributed by atoms with van der Waals surface area (Å²) in [6.07, 6.45) is -5.04. The summed E-state index contributed by atoms with van der Waals surface area (Å²) in [6.45, 7) is 0. The maximum absolute atomic E-state index is 11.8. The lowest BCUT2D eigenvalue weighted by molar-refractivity contribution is -0.275. The summed E-state index contributed by atoms with van der Waals surface area (Å²) < 4.78 is 39.1. The third-order valence-electron chi connectivity index (χ3n) is 1.58. The Morgan fingerprint density at radius 3 is 2.60 bits per heavy atom. The summed E-state index contributed by atoms with van der Waals surface area (Å²) >= 11 is 0. The molecule has 0 fully saturated rings. The Kier molecular flexibility index (Phi) is 3.04. The molecule has 0 bridgehead atoms. The number of rotatable bonds is 2. The van der Waals surface area contributed by atoms with Crippen LogP contribution >= 0.6 is 0 Å². The minimum Gasteiger partial charge on any atom is -0.504 e. The van der Waals surface area contributed by atoms with Gasteiger partial charge in [0.25, 0.3) is 0 Å². The number of hydrogen-bond acceptors (Lipinski definition) is 3. The van der Waals surface area contributed by atoms with Gasteiger partial charge < -0.3 is 9.84 Å². The van der Waals surface area contributed by atoms with E-state index in [9.17, 15) is 18.3 Å². The molecule has 0 atom stereocenters. The highest BCUT2D eigenvalue weighted by atomic mass is 19.4. The molecule has 1 aromatic carbocycles. The van der Waals surface area contributed by atoms with Gasteiger partial charge in [0.1, 0.15) is 0 Å². The molecule has 0 amide bonds. The number of phenols is 1. The molecule has 0 radical (unpaired) electrons. The Bertz CT molecular complexity index is 395. The number of para-hydroxylation sites is 1. The van der Waals surface area contributed by atoms with E-state index >= 15 is 0 Å². The highest BCUT2D eigenvalue weighted by Crippen LogP contribution is 2.33. The van der Waals surface area contributed by atoms with Crippen LogP contribution in [0.5, 0.6) is 11.5 Å². The molecule has 0 aliphatic heterocycles. The molecular formula is C9H6F3NO2. The van der Waals surface area contributed by atoms with E-state index in [1.165, 1.54) is 12.1 Å². The topological polar surface area (TPSA) is 53.2 Å². The number of aromatic hydroxyl groups is 1. The summed E-state index contributed by atoms with van der Waals surface area (Å²) in [5.74, 6) is -1.35. The number of nitrogens with zero attached hydrogens (tertiary/aromatic N) is 1. The van der Waals surface area contributed by atoms with Gasteiger partial charge in [-0.2, -0.15) is 5.26 Å². The first-order chi connectivity index (χ1) is 6.94. The lowest BCUT2D eigenvalue weighted by Gasteiger charge is -2.11. The monoisotopic (exact) mass is 217 g/mol. The van der Waals surface area contributed by atoms with Crippen LogP contribution in [0.3, 0.4) is 0 Å². The zero-order valence-corrected chi connectivity index (χ0v) is 7.38. The molecule has 1 aromatic rings. The first-order valence-corrected chi connectivity index (χ1v) is 3.87. The average molecular weight is 217 g/mol. The van der Waals surface area contributed by atoms with Gasteiger partial charge in [-0.05, 0) is 6.07 Å². The van der Waals surface area contributed by atoms with Gasteiger partial charge in [-0.15, -0.1) is 13.2 Å². The first-order valence-electron chi connectivity index (χ1n) is 3.87. The first kappa shape index (κ1) is 11.2. The second-order valence-electron chi connectivity index (χ2n) is 2.65. The van der Waals surface area contributed by atoms with Crippen molar-refractivity contribution < 1.29 is 23.0 Å². The number of benzene rings is 1. The van der Waals surface area contributed by atoms with Crippen molar-refractivity contribution in [2.24, 2.45) is 0 Å². The van der Waals surface area contributed by atoms with Crippen LogP contribution in [0.15, 0.2) is 18.2 Å². The highest BCUT2D eigenvalue weighted by Gasteiger charge is 2.32. The van der Waals surface area contributed by atoms with Crippen molar-refractivity contribution >= 4 is 0 Å². The van der Waals surface area contributed by atoms with E-state index in [0.29, 0.717) is 0 Å². The van der Waals surface area contributed by atoms with Crippen LogP contribution < -0.4 is 4.74 Å². The standard InChI is InChI=1S/C9H6F3NO2/c10-9(11,12)15-7-3-1-2-6(4-5-13)8(7)14/h1-3,14H,4H2. The zero-order valence-electron chi connectivity index (χ0n) is 7.38. The van der Waals surface area contributed by atoms with Crippen molar-refractivity contribution in [3.63, 3.8) is 0 Å². The van der Waals surface area contributed by atoms with E-state index in [1.807, 2.05) is 0 Å². The quantitative estimate of drug-likeness (QED) is 0.827. The van der Waals surface area contributed by atoms with Crippen molar-refractivity contribution in [1.29, 1.82) is 5.26 Å². The van der Waals surface area contributed by atoms with Crippen LogP contribution in [-0.4, -0.2) is 11.5 Å². The number of hydrogen-bond donors (Lipinski definition) is 1. The number of halogens is 3. The van der Waals surface area contributed by atoms with Gasteiger partial charge in [0.05, 0.1) is 12.5 Å². The molecule has 0 unspecified atom stereocenters. The van der Waals surface area contributed by atoms with Gasteiger partial charge in [0, 0.05) is 5.56 Å². The summed E-state index contributed by atoms with van der Waals surface area (Å²) in [7, 11) is 0. The fourth-order valence-corrected chi connectivity index (χ4v) is 1.00. The normalized spacial score (nSPS) is 10.8. The minimum absolute atomic E-state index is 0.0965. The van der Waals surface area contributed by atoms with E-state index in [1.54, 1.807) is 6.07 Å². The summed E-state index contributed by atoms with van der Waals surface area (Å²) in [5.41, 5.74) is 0.0965. The predicted octanol–water partition coefficient (Wildman–Crippen LogP) is 2.36. The number of nitriles is 1. The van der Waals surface area contributed by atoms with Crippen LogP contribution in [0, 0.1) is 11.3 Å². The fraction of sp³-hybridized carbons (Fsp3) is 0.222. The summed E-state index contributed by atoms with van der Waals surface area (Å²) in [5, 5.41) is 17.7. The van der Waals surface area contributed by atoms with E-state index in [0.717, 1.165) is 6.07 Å². The predicted molar refractivity (Wildman–Crippen MR) is 44.1 cm³/mol. The van der Waals surface area contributed by atoms with Crippen LogP contribution in [0.2, 0.25) is 0 Å². The van der Waals surface area contributed by atoms with E-state index in [2.05, 4.69) is 4.74 Å². The lowest BCUT2D eigenvalue weighted by atomic mass is 10.1. The van der Waals surface area contributed by atoms with Crippen LogP contribution in [0.25, 0.3) is 0 Å². The van der Waals surface area contributed by atoms with Gasteiger partial charge in [-0.1, -0.05) is 12.1 Å². The second kappa shape index (κ2) is 4.09. The van der Waals surface area contributed by atoms with E-state index in [-0.39, 0.29) is 12.0 Å². The molecule has 0 saturated heterocycles. The van der Waals surface area contributed by atoms with Crippen molar-refractivity contribution in [2.75, 3.05) is 0 Å². The lowest BCUT2D eigenvalue weighted by Crippen LogP contribution is -2.17. The molecule has 3 nitrogen and oxygen atoms in total. The third-order valence-corrected chi connectivity index (χ3v) is 1.58. The Labute approximate surface area is 83.3 Å². The maximum atomic E-state index is 11.8. The third kappa shape index (κ3) is 3.06. The van der Waals surface area contributed by atoms with Gasteiger partial charge in [0.15, 0.2) is 11.5 Å². The van der Waals surface area contributed by atoms with Crippen molar-refractivity contribution in [1.82, 2.24) is 0 Å². The van der Waals surface area contributed by atoms with E-state index < -0.39 is 17.9 Å². The molecule has 0 aromatic heterocycles. The average Bonchev–Trinajstić information content (AvgIpc) is 2.10. The summed E-state index contributed by atoms with van der Waals surface area (Å²) in [6, 6.07) is 5.31. The van der Waals surface area contributed by atoms with E-state index in [4.69, 9.17) is 5.26 Å². The van der Waals surface area contributed by atoms with Crippen molar-refractivity contribution in [3.8, 4) is 17.6 Å². The van der Waals surface area contributed by atoms with Crippen molar-refractivity contribution in [3.05, 3.63) is 23.8 Å². The molecule has 0 aliphatic carbocycles. The summed E-state index contributed by atoms with van der Waals surface area (Å²) in [4.78, 5) is 0. The molecule has 1 N–H and O–H groups in total. The second-order valence-corrected chi connectivity index (χ2v) is 2.65. The largest absolute Gasteiger partial charge is 0.573 e. The fourth-order valence-electron chi connectivity index (χ4n) is 1.00. The number of alkyl halides is 3. The molecule has 0 saturated carbocycles. The Balaban J connectivity index is 3.00. The van der Waals surface area contributed by atoms with Crippen molar-refractivity contribution in [2.45, 2.75) is 12.8 Å². The molecule has 1 rings (SSSR count). The SMILES string of the molecule is N#CCc1cccc(OC(F)(F)F)c1O. The molecule has 0 spiro atoms. The van der Waals surface area contributed by atoms with Crippen LogP contribution in [0.1, 0.15) is 5.56 Å². The smallest absolute Gasteiger partial charge is 0.504 e. The highest BCUT2D eigenvalue weighted by molar-refractivity contribution is 5.46. The Hall–Kier alpha value is -1.90. The maximum Gasteiger partial charge on any atom is 0.573 e. The number of ether oxygens (including phenoxy) is 1. The minimum atomic E-state index is -4.86.